The fourth-order valence-corrected chi connectivity index (χ4v) is 3.58. The van der Waals surface area contributed by atoms with Gasteiger partial charge in [0.2, 0.25) is 10.0 Å². The van der Waals surface area contributed by atoms with Crippen LogP contribution in [0.2, 0.25) is 0 Å². The molecule has 1 unspecified atom stereocenters. The number of nitrogens with two attached hydrogens (primary N) is 1. The summed E-state index contributed by atoms with van der Waals surface area (Å²) in [7, 11) is -3.76. The van der Waals surface area contributed by atoms with Gasteiger partial charge >= 0.3 is 5.97 Å². The third-order valence-corrected chi connectivity index (χ3v) is 5.89. The Labute approximate surface area is 212 Å². The predicted molar refractivity (Wildman–Crippen MR) is 132 cm³/mol. The second-order valence-corrected chi connectivity index (χ2v) is 9.69. The molecule has 0 radical (unpaired) electrons. The second kappa shape index (κ2) is 12.2. The molecule has 7 N–H and O–H groups in total. The largest absolute Gasteiger partial charge is 0.479 e. The number of hydrazine groups is 1. The molecule has 1 aromatic heterocycles. The van der Waals surface area contributed by atoms with Crippen LogP contribution in [0.1, 0.15) is 26.5 Å². The van der Waals surface area contributed by atoms with Crippen molar-refractivity contribution in [1.29, 1.82) is 0 Å². The minimum atomic E-state index is -3.76. The first kappa shape index (κ1) is 27.5. The van der Waals surface area contributed by atoms with Gasteiger partial charge in [-0.3, -0.25) is 19.7 Å². The zero-order valence-electron chi connectivity index (χ0n) is 19.5. The Morgan fingerprint density at radius 3 is 2.32 bits per heavy atom. The van der Waals surface area contributed by atoms with Crippen molar-refractivity contribution in [3.63, 3.8) is 0 Å². The molecule has 14 heteroatoms. The smallest absolute Gasteiger partial charge is 0.333 e. The number of benzene rings is 2. The zero-order chi connectivity index (χ0) is 27.0. The zero-order valence-corrected chi connectivity index (χ0v) is 20.3. The average molecular weight is 531 g/mol. The summed E-state index contributed by atoms with van der Waals surface area (Å²) >= 11 is 0. The summed E-state index contributed by atoms with van der Waals surface area (Å²) in [5.74, 6) is -3.34. The monoisotopic (exact) mass is 530 g/mol. The lowest BCUT2D eigenvalue weighted by Gasteiger charge is -2.24. The number of carboxylic acid groups (broad SMARTS) is 1. The third-order valence-electron chi connectivity index (χ3n) is 5.12. The molecule has 0 saturated heterocycles. The van der Waals surface area contributed by atoms with Crippen LogP contribution in [0.5, 0.6) is 0 Å². The number of primary sulfonamides is 1. The van der Waals surface area contributed by atoms with E-state index in [-0.39, 0.29) is 24.5 Å². The standard InChI is InChI=1S/C23H26N6O7S/c24-37(35,36)11-10-25-21(31)18-12-19(28-27-18)22(32)29(26-13-20(30)23(33)34)14-15-6-8-17(9-7-15)16-4-2-1-3-5-16/h1-9,12,20,26,30H,10-11,13-14H2,(H,25,31)(H,27,28)(H,33,34)(H2,24,35,36). The molecular weight excluding hydrogens is 504 g/mol. The summed E-state index contributed by atoms with van der Waals surface area (Å²) in [6.45, 7) is -0.707. The number of rotatable bonds is 12. The van der Waals surface area contributed by atoms with Gasteiger partial charge in [0.1, 0.15) is 5.69 Å². The van der Waals surface area contributed by atoms with Crippen LogP contribution in [0.25, 0.3) is 11.1 Å². The van der Waals surface area contributed by atoms with Crippen LogP contribution in [0.4, 0.5) is 0 Å². The Kier molecular flexibility index (Phi) is 9.08. The van der Waals surface area contributed by atoms with Crippen molar-refractivity contribution in [1.82, 2.24) is 25.9 Å². The number of carbonyl (C=O) groups is 3. The van der Waals surface area contributed by atoms with E-state index >= 15 is 0 Å². The Bertz CT molecular complexity index is 1340. The van der Waals surface area contributed by atoms with Gasteiger partial charge in [0.05, 0.1) is 18.8 Å². The number of aliphatic hydroxyl groups excluding tert-OH is 1. The van der Waals surface area contributed by atoms with Gasteiger partial charge < -0.3 is 15.5 Å². The first-order chi connectivity index (χ1) is 17.5. The number of aromatic nitrogens is 2. The maximum atomic E-state index is 13.1. The number of amides is 2. The lowest BCUT2D eigenvalue weighted by Crippen LogP contribution is -2.47. The lowest BCUT2D eigenvalue weighted by molar-refractivity contribution is -0.146. The fourth-order valence-electron chi connectivity index (χ4n) is 3.19. The van der Waals surface area contributed by atoms with E-state index < -0.39 is 46.2 Å². The first-order valence-corrected chi connectivity index (χ1v) is 12.7. The molecule has 0 spiro atoms. The van der Waals surface area contributed by atoms with Gasteiger partial charge in [-0.2, -0.15) is 5.10 Å². The van der Waals surface area contributed by atoms with Crippen LogP contribution < -0.4 is 15.9 Å². The van der Waals surface area contributed by atoms with Crippen molar-refractivity contribution in [3.05, 3.63) is 77.6 Å². The SMILES string of the molecule is NS(=O)(=O)CCNC(=O)c1cc(C(=O)N(Cc2ccc(-c3ccccc3)cc2)NCC(O)C(=O)O)[nH]n1. The van der Waals surface area contributed by atoms with Crippen molar-refractivity contribution in [2.75, 3.05) is 18.8 Å². The number of nitrogens with zero attached hydrogens (tertiary/aromatic N) is 2. The van der Waals surface area contributed by atoms with E-state index in [1.165, 1.54) is 0 Å². The van der Waals surface area contributed by atoms with Gasteiger partial charge in [0.15, 0.2) is 11.8 Å². The molecular formula is C23H26N6O7S. The maximum Gasteiger partial charge on any atom is 0.333 e. The van der Waals surface area contributed by atoms with Gasteiger partial charge in [0, 0.05) is 12.6 Å². The highest BCUT2D eigenvalue weighted by molar-refractivity contribution is 7.89. The number of aliphatic carboxylic acids is 1. The van der Waals surface area contributed by atoms with Gasteiger partial charge in [-0.05, 0) is 16.7 Å². The molecule has 0 aliphatic carbocycles. The summed E-state index contributed by atoms with van der Waals surface area (Å²) in [4.78, 5) is 36.3. The minimum Gasteiger partial charge on any atom is -0.479 e. The van der Waals surface area contributed by atoms with E-state index in [1.807, 2.05) is 42.5 Å². The predicted octanol–water partition coefficient (Wildman–Crippen LogP) is -0.312. The van der Waals surface area contributed by atoms with Crippen molar-refractivity contribution < 1.29 is 33.0 Å². The number of aromatic amines is 1. The highest BCUT2D eigenvalue weighted by Gasteiger charge is 2.23. The number of H-pyrrole nitrogens is 1. The molecule has 196 valence electrons. The van der Waals surface area contributed by atoms with E-state index in [0.29, 0.717) is 5.56 Å². The molecule has 1 atom stereocenters. The summed E-state index contributed by atoms with van der Waals surface area (Å²) in [6.07, 6.45) is -1.77. The van der Waals surface area contributed by atoms with Crippen molar-refractivity contribution >= 4 is 27.8 Å². The highest BCUT2D eigenvalue weighted by atomic mass is 32.2. The summed E-state index contributed by atoms with van der Waals surface area (Å²) < 4.78 is 22.0. The van der Waals surface area contributed by atoms with Gasteiger partial charge in [-0.1, -0.05) is 54.6 Å². The molecule has 2 aromatic carbocycles. The van der Waals surface area contributed by atoms with E-state index in [0.717, 1.165) is 22.2 Å². The van der Waals surface area contributed by atoms with Crippen LogP contribution in [-0.2, 0) is 21.4 Å². The van der Waals surface area contributed by atoms with Gasteiger partial charge in [0.25, 0.3) is 11.8 Å². The van der Waals surface area contributed by atoms with E-state index in [9.17, 15) is 27.9 Å². The molecule has 3 aromatic rings. The lowest BCUT2D eigenvalue weighted by atomic mass is 10.0. The molecule has 0 fully saturated rings. The minimum absolute atomic E-state index is 0.00481. The van der Waals surface area contributed by atoms with Crippen molar-refractivity contribution in [3.8, 4) is 11.1 Å². The number of sulfonamides is 1. The van der Waals surface area contributed by atoms with Crippen LogP contribution >= 0.6 is 0 Å². The molecule has 0 aliphatic heterocycles. The molecule has 37 heavy (non-hydrogen) atoms. The number of hydrogen-bond donors (Lipinski definition) is 6. The average Bonchev–Trinajstić information content (AvgIpc) is 3.36. The molecule has 1 heterocycles. The van der Waals surface area contributed by atoms with Crippen LogP contribution in [0.15, 0.2) is 60.7 Å². The molecule has 2 amide bonds. The summed E-state index contributed by atoms with van der Waals surface area (Å²) in [6, 6.07) is 18.2. The summed E-state index contributed by atoms with van der Waals surface area (Å²) in [5.41, 5.74) is 5.01. The molecule has 0 aliphatic rings. The van der Waals surface area contributed by atoms with Gasteiger partial charge in [-0.15, -0.1) is 0 Å². The fraction of sp³-hybridized carbons (Fsp3) is 0.217. The van der Waals surface area contributed by atoms with Crippen molar-refractivity contribution in [2.45, 2.75) is 12.6 Å². The quantitative estimate of drug-likeness (QED) is 0.169. The number of aliphatic hydroxyl groups is 1. The Morgan fingerprint density at radius 2 is 1.70 bits per heavy atom. The maximum absolute atomic E-state index is 13.1. The number of carbonyl (C=O) groups excluding carboxylic acids is 2. The highest BCUT2D eigenvalue weighted by Crippen LogP contribution is 2.20. The Hall–Kier alpha value is -4.11. The topological polar surface area (TPSA) is 208 Å². The first-order valence-electron chi connectivity index (χ1n) is 11.0. The van der Waals surface area contributed by atoms with E-state index in [2.05, 4.69) is 20.9 Å². The number of carboxylic acids is 1. The molecule has 13 nitrogen and oxygen atoms in total. The molecule has 0 bridgehead atoms. The van der Waals surface area contributed by atoms with E-state index in [1.54, 1.807) is 12.1 Å². The normalized spacial score (nSPS) is 12.1. The second-order valence-electron chi connectivity index (χ2n) is 7.96. The van der Waals surface area contributed by atoms with E-state index in [4.69, 9.17) is 10.2 Å². The van der Waals surface area contributed by atoms with Crippen LogP contribution in [0.3, 0.4) is 0 Å². The van der Waals surface area contributed by atoms with Crippen LogP contribution in [0, 0.1) is 0 Å². The molecule has 0 saturated carbocycles. The third kappa shape index (κ3) is 8.22. The Balaban J connectivity index is 1.73. The number of nitrogens with one attached hydrogen (secondary N) is 3. The molecule has 3 rings (SSSR count). The van der Waals surface area contributed by atoms with Crippen molar-refractivity contribution in [2.24, 2.45) is 5.14 Å². The number of hydrogen-bond acceptors (Lipinski definition) is 8. The van der Waals surface area contributed by atoms with Crippen LogP contribution in [-0.4, -0.2) is 76.6 Å². The van der Waals surface area contributed by atoms with Gasteiger partial charge in [-0.25, -0.2) is 23.8 Å². The summed E-state index contributed by atoms with van der Waals surface area (Å²) in [5, 5.41) is 33.1. The Morgan fingerprint density at radius 1 is 1.05 bits per heavy atom.